The van der Waals surface area contributed by atoms with E-state index in [0.717, 1.165) is 24.8 Å². The lowest BCUT2D eigenvalue weighted by Gasteiger charge is -2.26. The minimum atomic E-state index is -3.46. The number of sulfonamides is 1. The smallest absolute Gasteiger partial charge is 0.212 e. The van der Waals surface area contributed by atoms with Crippen LogP contribution >= 0.6 is 0 Å². The monoisotopic (exact) mass is 319 g/mol. The highest BCUT2D eigenvalue weighted by molar-refractivity contribution is 7.88. The molecule has 3 nitrogen and oxygen atoms in total. The van der Waals surface area contributed by atoms with Gasteiger partial charge >= 0.3 is 0 Å². The molecule has 0 spiro atoms. The molecule has 0 fully saturated rings. The van der Waals surface area contributed by atoms with E-state index >= 15 is 0 Å². The SMILES string of the molecule is O=S(=O)(Cc1ccc(F)cc1)N[C@H]1CCCc2ccccc21. The molecule has 0 saturated heterocycles. The van der Waals surface area contributed by atoms with Gasteiger partial charge in [0, 0.05) is 6.04 Å². The van der Waals surface area contributed by atoms with Crippen molar-refractivity contribution in [1.82, 2.24) is 4.72 Å². The topological polar surface area (TPSA) is 46.2 Å². The second-order valence-corrected chi connectivity index (χ2v) is 7.40. The first-order valence-electron chi connectivity index (χ1n) is 7.36. The highest BCUT2D eigenvalue weighted by Crippen LogP contribution is 2.30. The fourth-order valence-electron chi connectivity index (χ4n) is 2.93. The quantitative estimate of drug-likeness (QED) is 0.939. The van der Waals surface area contributed by atoms with Crippen molar-refractivity contribution in [1.29, 1.82) is 0 Å². The Bertz CT molecular complexity index is 756. The van der Waals surface area contributed by atoms with Crippen LogP contribution in [0.15, 0.2) is 48.5 Å². The van der Waals surface area contributed by atoms with Crippen LogP contribution in [0.1, 0.15) is 35.6 Å². The maximum absolute atomic E-state index is 12.9. The third-order valence-electron chi connectivity index (χ3n) is 3.96. The Balaban J connectivity index is 1.76. The van der Waals surface area contributed by atoms with Crippen LogP contribution in [-0.4, -0.2) is 8.42 Å². The van der Waals surface area contributed by atoms with Gasteiger partial charge in [0.1, 0.15) is 5.82 Å². The van der Waals surface area contributed by atoms with Crippen LogP contribution in [0.25, 0.3) is 0 Å². The minimum Gasteiger partial charge on any atom is -0.212 e. The van der Waals surface area contributed by atoms with E-state index in [-0.39, 0.29) is 17.6 Å². The van der Waals surface area contributed by atoms with E-state index in [4.69, 9.17) is 0 Å². The molecular weight excluding hydrogens is 301 g/mol. The summed E-state index contributed by atoms with van der Waals surface area (Å²) in [5, 5.41) is 0. The molecule has 0 heterocycles. The number of aryl methyl sites for hydroxylation is 1. The summed E-state index contributed by atoms with van der Waals surface area (Å²) in [6.45, 7) is 0. The summed E-state index contributed by atoms with van der Waals surface area (Å²) in [5.74, 6) is -0.498. The third kappa shape index (κ3) is 3.54. The summed E-state index contributed by atoms with van der Waals surface area (Å²) < 4.78 is 40.4. The lowest BCUT2D eigenvalue weighted by Crippen LogP contribution is -2.31. The molecule has 0 unspecified atom stereocenters. The van der Waals surface area contributed by atoms with Crippen molar-refractivity contribution < 1.29 is 12.8 Å². The van der Waals surface area contributed by atoms with Crippen LogP contribution in [0.5, 0.6) is 0 Å². The zero-order valence-corrected chi connectivity index (χ0v) is 12.9. The van der Waals surface area contributed by atoms with E-state index < -0.39 is 10.0 Å². The lowest BCUT2D eigenvalue weighted by molar-refractivity contribution is 0.507. The predicted molar refractivity (Wildman–Crippen MR) is 84.3 cm³/mol. The Morgan fingerprint density at radius 2 is 1.82 bits per heavy atom. The molecule has 0 bridgehead atoms. The number of hydrogen-bond acceptors (Lipinski definition) is 2. The van der Waals surface area contributed by atoms with Gasteiger partial charge in [0.15, 0.2) is 0 Å². The molecule has 1 aliphatic carbocycles. The number of fused-ring (bicyclic) bond motifs is 1. The molecule has 1 aliphatic rings. The number of rotatable bonds is 4. The molecule has 5 heteroatoms. The highest BCUT2D eigenvalue weighted by atomic mass is 32.2. The van der Waals surface area contributed by atoms with Gasteiger partial charge < -0.3 is 0 Å². The predicted octanol–water partition coefficient (Wildman–Crippen LogP) is 3.32. The van der Waals surface area contributed by atoms with Crippen molar-refractivity contribution >= 4 is 10.0 Å². The van der Waals surface area contributed by atoms with Crippen molar-refractivity contribution in [3.8, 4) is 0 Å². The molecule has 116 valence electrons. The van der Waals surface area contributed by atoms with Crippen molar-refractivity contribution in [3.05, 3.63) is 71.0 Å². The summed E-state index contributed by atoms with van der Waals surface area (Å²) in [7, 11) is -3.46. The Morgan fingerprint density at radius 1 is 1.09 bits per heavy atom. The molecule has 22 heavy (non-hydrogen) atoms. The second kappa shape index (κ2) is 6.18. The van der Waals surface area contributed by atoms with Gasteiger partial charge in [-0.1, -0.05) is 36.4 Å². The normalized spacial score (nSPS) is 18.0. The van der Waals surface area contributed by atoms with Crippen LogP contribution < -0.4 is 4.72 Å². The van der Waals surface area contributed by atoms with Gasteiger partial charge in [0.25, 0.3) is 0 Å². The molecule has 0 aromatic heterocycles. The molecule has 2 aromatic rings. The van der Waals surface area contributed by atoms with Crippen LogP contribution in [0.4, 0.5) is 4.39 Å². The molecule has 0 saturated carbocycles. The molecule has 2 aromatic carbocycles. The summed E-state index contributed by atoms with van der Waals surface area (Å²) in [6, 6.07) is 13.3. The van der Waals surface area contributed by atoms with Crippen LogP contribution in [0.2, 0.25) is 0 Å². The van der Waals surface area contributed by atoms with E-state index in [2.05, 4.69) is 10.8 Å². The van der Waals surface area contributed by atoms with Gasteiger partial charge in [0.2, 0.25) is 10.0 Å². The number of nitrogens with one attached hydrogen (secondary N) is 1. The summed E-state index contributed by atoms with van der Waals surface area (Å²) >= 11 is 0. The lowest BCUT2D eigenvalue weighted by atomic mass is 9.88. The second-order valence-electron chi connectivity index (χ2n) is 5.65. The minimum absolute atomic E-state index is 0.133. The molecular formula is C17H18FNO2S. The number of hydrogen-bond donors (Lipinski definition) is 1. The first kappa shape index (κ1) is 15.2. The first-order valence-corrected chi connectivity index (χ1v) is 9.01. The first-order chi connectivity index (χ1) is 10.5. The number of halogens is 1. The Hall–Kier alpha value is -1.72. The van der Waals surface area contributed by atoms with Crippen LogP contribution in [0.3, 0.4) is 0 Å². The van der Waals surface area contributed by atoms with Crippen molar-refractivity contribution in [2.75, 3.05) is 0 Å². The average molecular weight is 319 g/mol. The Labute approximate surface area is 130 Å². The van der Waals surface area contributed by atoms with Gasteiger partial charge in [0.05, 0.1) is 5.75 Å². The summed E-state index contributed by atoms with van der Waals surface area (Å²) in [5.41, 5.74) is 2.86. The Kier molecular flexibility index (Phi) is 4.27. The van der Waals surface area contributed by atoms with E-state index in [0.29, 0.717) is 5.56 Å². The number of benzene rings is 2. The Morgan fingerprint density at radius 3 is 2.59 bits per heavy atom. The molecule has 0 amide bonds. The van der Waals surface area contributed by atoms with E-state index in [9.17, 15) is 12.8 Å². The summed E-state index contributed by atoms with van der Waals surface area (Å²) in [4.78, 5) is 0. The van der Waals surface area contributed by atoms with E-state index in [1.54, 1.807) is 0 Å². The van der Waals surface area contributed by atoms with Gasteiger partial charge in [-0.15, -0.1) is 0 Å². The largest absolute Gasteiger partial charge is 0.216 e. The maximum Gasteiger partial charge on any atom is 0.216 e. The van der Waals surface area contributed by atoms with Gasteiger partial charge in [-0.3, -0.25) is 0 Å². The highest BCUT2D eigenvalue weighted by Gasteiger charge is 2.24. The van der Waals surface area contributed by atoms with E-state index in [1.807, 2.05) is 18.2 Å². The molecule has 1 atom stereocenters. The van der Waals surface area contributed by atoms with Crippen molar-refractivity contribution in [3.63, 3.8) is 0 Å². The van der Waals surface area contributed by atoms with E-state index in [1.165, 1.54) is 29.8 Å². The van der Waals surface area contributed by atoms with Gasteiger partial charge in [-0.05, 0) is 48.1 Å². The van der Waals surface area contributed by atoms with Crippen molar-refractivity contribution in [2.45, 2.75) is 31.1 Å². The molecule has 0 aliphatic heterocycles. The fraction of sp³-hybridized carbons (Fsp3) is 0.294. The van der Waals surface area contributed by atoms with Gasteiger partial charge in [-0.25, -0.2) is 17.5 Å². The molecule has 3 rings (SSSR count). The standard InChI is InChI=1S/C17H18FNO2S/c18-15-10-8-13(9-11-15)12-22(20,21)19-17-7-3-5-14-4-1-2-6-16(14)17/h1-2,4,6,8-11,17,19H,3,5,7,12H2/t17-/m0/s1. The zero-order valence-electron chi connectivity index (χ0n) is 12.1. The van der Waals surface area contributed by atoms with Crippen LogP contribution in [-0.2, 0) is 22.2 Å². The maximum atomic E-state index is 12.9. The van der Waals surface area contributed by atoms with Gasteiger partial charge in [-0.2, -0.15) is 0 Å². The average Bonchev–Trinajstić information content (AvgIpc) is 2.49. The molecule has 1 N–H and O–H groups in total. The molecule has 0 radical (unpaired) electrons. The summed E-state index contributed by atoms with van der Waals surface area (Å²) in [6.07, 6.45) is 2.77. The third-order valence-corrected chi connectivity index (χ3v) is 5.32. The fourth-order valence-corrected chi connectivity index (χ4v) is 4.33. The zero-order chi connectivity index (χ0) is 15.6. The van der Waals surface area contributed by atoms with Crippen molar-refractivity contribution in [2.24, 2.45) is 0 Å². The van der Waals surface area contributed by atoms with Crippen LogP contribution in [0, 0.1) is 5.82 Å².